The SMILES string of the molecule is CCCNC(c1cc(C)c(Br)s1)c1ccc(Br)cc1OC. The lowest BCUT2D eigenvalue weighted by molar-refractivity contribution is 0.404. The summed E-state index contributed by atoms with van der Waals surface area (Å²) in [4.78, 5) is 1.30. The molecule has 2 aromatic rings. The molecule has 1 N–H and O–H groups in total. The maximum absolute atomic E-state index is 5.57. The minimum absolute atomic E-state index is 0.156. The van der Waals surface area contributed by atoms with Crippen molar-refractivity contribution in [3.63, 3.8) is 0 Å². The van der Waals surface area contributed by atoms with Crippen LogP contribution in [0.15, 0.2) is 32.5 Å². The van der Waals surface area contributed by atoms with Gasteiger partial charge in [0.05, 0.1) is 16.9 Å². The first kappa shape index (κ1) is 17.0. The number of thiophene rings is 1. The molecule has 0 radical (unpaired) electrons. The zero-order valence-electron chi connectivity index (χ0n) is 12.4. The predicted molar refractivity (Wildman–Crippen MR) is 97.6 cm³/mol. The van der Waals surface area contributed by atoms with Gasteiger partial charge in [0.15, 0.2) is 0 Å². The van der Waals surface area contributed by atoms with Crippen molar-refractivity contribution < 1.29 is 4.74 Å². The van der Waals surface area contributed by atoms with Gasteiger partial charge in [-0.3, -0.25) is 0 Å². The molecule has 2 nitrogen and oxygen atoms in total. The molecule has 0 saturated heterocycles. The van der Waals surface area contributed by atoms with Gasteiger partial charge in [-0.05, 0) is 59.6 Å². The van der Waals surface area contributed by atoms with E-state index in [-0.39, 0.29) is 6.04 Å². The van der Waals surface area contributed by atoms with Crippen LogP contribution in [0.2, 0.25) is 0 Å². The van der Waals surface area contributed by atoms with Gasteiger partial charge in [-0.15, -0.1) is 11.3 Å². The summed E-state index contributed by atoms with van der Waals surface area (Å²) in [6, 6.07) is 8.60. The van der Waals surface area contributed by atoms with E-state index in [1.807, 2.05) is 6.07 Å². The number of nitrogens with one attached hydrogen (secondary N) is 1. The second kappa shape index (κ2) is 7.77. The van der Waals surface area contributed by atoms with Crippen molar-refractivity contribution in [1.29, 1.82) is 0 Å². The fourth-order valence-corrected chi connectivity index (χ4v) is 4.21. The predicted octanol–water partition coefficient (Wildman–Crippen LogP) is 5.68. The van der Waals surface area contributed by atoms with Gasteiger partial charge in [0.1, 0.15) is 5.75 Å². The molecular weight excluding hydrogens is 414 g/mol. The Kier molecular flexibility index (Phi) is 6.29. The fourth-order valence-electron chi connectivity index (χ4n) is 2.20. The van der Waals surface area contributed by atoms with Crippen molar-refractivity contribution in [3.8, 4) is 5.75 Å². The highest BCUT2D eigenvalue weighted by atomic mass is 79.9. The van der Waals surface area contributed by atoms with Gasteiger partial charge in [-0.2, -0.15) is 0 Å². The molecule has 0 aliphatic carbocycles. The van der Waals surface area contributed by atoms with Gasteiger partial charge in [0.2, 0.25) is 0 Å². The number of methoxy groups -OCH3 is 1. The van der Waals surface area contributed by atoms with Crippen molar-refractivity contribution in [2.45, 2.75) is 26.3 Å². The van der Waals surface area contributed by atoms with Crippen LogP contribution in [-0.2, 0) is 0 Å². The zero-order valence-corrected chi connectivity index (χ0v) is 16.4. The first-order chi connectivity index (χ1) is 10.1. The highest BCUT2D eigenvalue weighted by molar-refractivity contribution is 9.11. The maximum Gasteiger partial charge on any atom is 0.125 e. The van der Waals surface area contributed by atoms with Crippen LogP contribution < -0.4 is 10.1 Å². The van der Waals surface area contributed by atoms with Crippen LogP contribution >= 0.6 is 43.2 Å². The van der Waals surface area contributed by atoms with Crippen LogP contribution in [0.1, 0.15) is 35.4 Å². The Morgan fingerprint density at radius 3 is 2.62 bits per heavy atom. The average Bonchev–Trinajstić information content (AvgIpc) is 2.80. The third-order valence-electron chi connectivity index (χ3n) is 3.27. The summed E-state index contributed by atoms with van der Waals surface area (Å²) in [7, 11) is 1.72. The minimum atomic E-state index is 0.156. The molecule has 1 aromatic carbocycles. The van der Waals surface area contributed by atoms with Crippen molar-refractivity contribution in [2.75, 3.05) is 13.7 Å². The van der Waals surface area contributed by atoms with Crippen LogP contribution in [-0.4, -0.2) is 13.7 Å². The summed E-state index contributed by atoms with van der Waals surface area (Å²) in [5, 5.41) is 3.63. The molecule has 1 heterocycles. The molecule has 0 aliphatic heterocycles. The van der Waals surface area contributed by atoms with E-state index < -0.39 is 0 Å². The Hall–Kier alpha value is -0.360. The van der Waals surface area contributed by atoms with E-state index in [1.54, 1.807) is 18.4 Å². The molecule has 0 aliphatic rings. The molecule has 0 bridgehead atoms. The number of halogens is 2. The van der Waals surface area contributed by atoms with Gasteiger partial charge in [-0.1, -0.05) is 28.9 Å². The largest absolute Gasteiger partial charge is 0.496 e. The maximum atomic E-state index is 5.57. The van der Waals surface area contributed by atoms with Gasteiger partial charge in [0.25, 0.3) is 0 Å². The molecule has 1 aromatic heterocycles. The van der Waals surface area contributed by atoms with Crippen molar-refractivity contribution in [2.24, 2.45) is 0 Å². The number of rotatable bonds is 6. The lowest BCUT2D eigenvalue weighted by Crippen LogP contribution is -2.23. The smallest absolute Gasteiger partial charge is 0.125 e. The number of hydrogen-bond donors (Lipinski definition) is 1. The van der Waals surface area contributed by atoms with E-state index in [9.17, 15) is 0 Å². The van der Waals surface area contributed by atoms with E-state index in [2.05, 4.69) is 69.2 Å². The Morgan fingerprint density at radius 1 is 1.29 bits per heavy atom. The van der Waals surface area contributed by atoms with Crippen LogP contribution in [0.4, 0.5) is 0 Å². The Balaban J connectivity index is 2.44. The van der Waals surface area contributed by atoms with Crippen LogP contribution in [0, 0.1) is 6.92 Å². The Bertz CT molecular complexity index is 593. The van der Waals surface area contributed by atoms with Crippen molar-refractivity contribution in [1.82, 2.24) is 5.32 Å². The third-order valence-corrected chi connectivity index (χ3v) is 5.96. The van der Waals surface area contributed by atoms with E-state index in [1.165, 1.54) is 19.8 Å². The third kappa shape index (κ3) is 4.09. The summed E-state index contributed by atoms with van der Waals surface area (Å²) >= 11 is 8.91. The zero-order chi connectivity index (χ0) is 15.4. The van der Waals surface area contributed by atoms with E-state index in [0.29, 0.717) is 0 Å². The molecule has 5 heteroatoms. The van der Waals surface area contributed by atoms with Gasteiger partial charge in [-0.25, -0.2) is 0 Å². The molecule has 1 unspecified atom stereocenters. The number of ether oxygens (including phenoxy) is 1. The monoisotopic (exact) mass is 431 g/mol. The van der Waals surface area contributed by atoms with E-state index in [0.717, 1.165) is 23.2 Å². The number of aryl methyl sites for hydroxylation is 1. The summed E-state index contributed by atoms with van der Waals surface area (Å²) in [6.07, 6.45) is 1.10. The molecule has 0 fully saturated rings. The van der Waals surface area contributed by atoms with Gasteiger partial charge >= 0.3 is 0 Å². The van der Waals surface area contributed by atoms with Crippen LogP contribution in [0.5, 0.6) is 5.75 Å². The standard InChI is InChI=1S/C16H19Br2NOS/c1-4-7-19-15(14-8-10(2)16(18)21-14)12-6-5-11(17)9-13(12)20-3/h5-6,8-9,15,19H,4,7H2,1-3H3. The normalized spacial score (nSPS) is 12.4. The number of hydrogen-bond acceptors (Lipinski definition) is 3. The first-order valence-electron chi connectivity index (χ1n) is 6.89. The summed E-state index contributed by atoms with van der Waals surface area (Å²) in [6.45, 7) is 5.27. The highest BCUT2D eigenvalue weighted by Gasteiger charge is 2.20. The van der Waals surface area contributed by atoms with E-state index in [4.69, 9.17) is 4.74 Å². The molecule has 0 spiro atoms. The first-order valence-corrected chi connectivity index (χ1v) is 9.29. The second-order valence-electron chi connectivity index (χ2n) is 4.88. The minimum Gasteiger partial charge on any atom is -0.496 e. The molecule has 21 heavy (non-hydrogen) atoms. The van der Waals surface area contributed by atoms with Crippen LogP contribution in [0.25, 0.3) is 0 Å². The quantitative estimate of drug-likeness (QED) is 0.633. The average molecular weight is 433 g/mol. The Labute approximate surface area is 147 Å². The van der Waals surface area contributed by atoms with E-state index >= 15 is 0 Å². The summed E-state index contributed by atoms with van der Waals surface area (Å²) in [5.74, 6) is 0.903. The topological polar surface area (TPSA) is 21.3 Å². The fraction of sp³-hybridized carbons (Fsp3) is 0.375. The molecule has 114 valence electrons. The van der Waals surface area contributed by atoms with Gasteiger partial charge in [0, 0.05) is 14.9 Å². The lowest BCUT2D eigenvalue weighted by Gasteiger charge is -2.20. The molecule has 0 saturated carbocycles. The lowest BCUT2D eigenvalue weighted by atomic mass is 10.0. The molecule has 1 atom stereocenters. The van der Waals surface area contributed by atoms with Crippen LogP contribution in [0.3, 0.4) is 0 Å². The summed E-state index contributed by atoms with van der Waals surface area (Å²) in [5.41, 5.74) is 2.44. The van der Waals surface area contributed by atoms with Crippen molar-refractivity contribution >= 4 is 43.2 Å². The highest BCUT2D eigenvalue weighted by Crippen LogP contribution is 2.38. The second-order valence-corrected chi connectivity index (χ2v) is 8.20. The summed E-state index contributed by atoms with van der Waals surface area (Å²) < 4.78 is 7.79. The molecule has 2 rings (SSSR count). The Morgan fingerprint density at radius 2 is 2.05 bits per heavy atom. The molecular formula is C16H19Br2NOS. The molecule has 0 amide bonds. The van der Waals surface area contributed by atoms with Gasteiger partial charge < -0.3 is 10.1 Å². The van der Waals surface area contributed by atoms with Crippen molar-refractivity contribution in [3.05, 3.63) is 48.5 Å². The number of benzene rings is 1.